The molecular formula is C6H2F3NO2. The van der Waals surface area contributed by atoms with Gasteiger partial charge in [-0.3, -0.25) is 0 Å². The molecule has 0 aliphatic carbocycles. The third-order valence-corrected chi connectivity index (χ3v) is 1.09. The van der Waals surface area contributed by atoms with Crippen LogP contribution in [0.15, 0.2) is 6.07 Å². The molecule has 0 radical (unpaired) electrons. The molecule has 0 spiro atoms. The molecule has 12 heavy (non-hydrogen) atoms. The van der Waals surface area contributed by atoms with Crippen molar-refractivity contribution in [3.8, 4) is 0 Å². The minimum absolute atomic E-state index is 0.306. The molecule has 1 N–H and O–H groups in total. The lowest BCUT2D eigenvalue weighted by Crippen LogP contribution is -2.05. The van der Waals surface area contributed by atoms with Crippen LogP contribution in [0.2, 0.25) is 0 Å². The van der Waals surface area contributed by atoms with Crippen LogP contribution in [0.4, 0.5) is 13.2 Å². The van der Waals surface area contributed by atoms with E-state index in [4.69, 9.17) is 5.11 Å². The number of carboxylic acids is 1. The van der Waals surface area contributed by atoms with E-state index in [0.717, 1.165) is 0 Å². The molecule has 6 heteroatoms. The second kappa shape index (κ2) is 2.80. The van der Waals surface area contributed by atoms with Crippen molar-refractivity contribution < 1.29 is 23.1 Å². The number of aromatic nitrogens is 1. The number of nitrogens with zero attached hydrogens (tertiary/aromatic N) is 1. The SMILES string of the molecule is O=C(O)c1cc(F)c(F)c(F)n1. The van der Waals surface area contributed by atoms with Crippen molar-refractivity contribution in [2.24, 2.45) is 0 Å². The molecule has 0 bridgehead atoms. The second-order valence-corrected chi connectivity index (χ2v) is 1.90. The number of carboxylic acid groups (broad SMARTS) is 1. The van der Waals surface area contributed by atoms with E-state index in [1.54, 1.807) is 0 Å². The molecule has 0 aliphatic heterocycles. The molecule has 0 aliphatic rings. The fraction of sp³-hybridized carbons (Fsp3) is 0. The number of aromatic carboxylic acids is 1. The minimum Gasteiger partial charge on any atom is -0.477 e. The smallest absolute Gasteiger partial charge is 0.354 e. The van der Waals surface area contributed by atoms with E-state index in [9.17, 15) is 18.0 Å². The Labute approximate surface area is 64.5 Å². The zero-order valence-corrected chi connectivity index (χ0v) is 5.51. The Morgan fingerprint density at radius 1 is 1.42 bits per heavy atom. The Morgan fingerprint density at radius 3 is 2.42 bits per heavy atom. The van der Waals surface area contributed by atoms with E-state index in [1.165, 1.54) is 0 Å². The average Bonchev–Trinajstić information content (AvgIpc) is 1.99. The van der Waals surface area contributed by atoms with E-state index in [2.05, 4.69) is 4.98 Å². The highest BCUT2D eigenvalue weighted by molar-refractivity contribution is 5.85. The van der Waals surface area contributed by atoms with Gasteiger partial charge in [0.25, 0.3) is 5.95 Å². The van der Waals surface area contributed by atoms with Crippen LogP contribution in [0.25, 0.3) is 0 Å². The van der Waals surface area contributed by atoms with Crippen molar-refractivity contribution in [1.29, 1.82) is 0 Å². The third kappa shape index (κ3) is 1.36. The van der Waals surface area contributed by atoms with E-state index in [-0.39, 0.29) is 0 Å². The molecule has 3 nitrogen and oxygen atoms in total. The van der Waals surface area contributed by atoms with Crippen LogP contribution in [-0.2, 0) is 0 Å². The first-order valence-corrected chi connectivity index (χ1v) is 2.77. The van der Waals surface area contributed by atoms with E-state index in [0.29, 0.717) is 6.07 Å². The Morgan fingerprint density at radius 2 is 2.00 bits per heavy atom. The largest absolute Gasteiger partial charge is 0.477 e. The lowest BCUT2D eigenvalue weighted by molar-refractivity contribution is 0.0688. The zero-order valence-electron chi connectivity index (χ0n) is 5.51. The van der Waals surface area contributed by atoms with Crippen molar-refractivity contribution in [3.05, 3.63) is 29.3 Å². The van der Waals surface area contributed by atoms with Crippen molar-refractivity contribution >= 4 is 5.97 Å². The average molecular weight is 177 g/mol. The molecule has 0 saturated heterocycles. The maximum absolute atomic E-state index is 12.3. The first kappa shape index (κ1) is 8.51. The molecule has 1 rings (SSSR count). The molecule has 0 unspecified atom stereocenters. The van der Waals surface area contributed by atoms with Gasteiger partial charge in [-0.2, -0.15) is 8.78 Å². The van der Waals surface area contributed by atoms with Crippen LogP contribution < -0.4 is 0 Å². The lowest BCUT2D eigenvalue weighted by atomic mass is 10.3. The molecule has 1 heterocycles. The van der Waals surface area contributed by atoms with E-state index in [1.807, 2.05) is 0 Å². The highest BCUT2D eigenvalue weighted by Crippen LogP contribution is 2.09. The summed E-state index contributed by atoms with van der Waals surface area (Å²) in [6.07, 6.45) is 0. The van der Waals surface area contributed by atoms with Crippen molar-refractivity contribution in [1.82, 2.24) is 4.98 Å². The van der Waals surface area contributed by atoms with Crippen LogP contribution in [0.1, 0.15) is 10.5 Å². The Balaban J connectivity index is 3.31. The summed E-state index contributed by atoms with van der Waals surface area (Å²) in [6.45, 7) is 0. The molecule has 1 aromatic heterocycles. The molecule has 64 valence electrons. The van der Waals surface area contributed by atoms with Crippen LogP contribution >= 0.6 is 0 Å². The molecule has 0 fully saturated rings. The number of hydrogen-bond donors (Lipinski definition) is 1. The Kier molecular flexibility index (Phi) is 1.99. The summed E-state index contributed by atoms with van der Waals surface area (Å²) in [7, 11) is 0. The number of pyridine rings is 1. The van der Waals surface area contributed by atoms with E-state index >= 15 is 0 Å². The van der Waals surface area contributed by atoms with Gasteiger partial charge in [0.2, 0.25) is 5.82 Å². The van der Waals surface area contributed by atoms with Crippen LogP contribution in [0.5, 0.6) is 0 Å². The predicted octanol–water partition coefficient (Wildman–Crippen LogP) is 1.20. The fourth-order valence-corrected chi connectivity index (χ4v) is 0.579. The Hall–Kier alpha value is -1.59. The minimum atomic E-state index is -1.78. The van der Waals surface area contributed by atoms with Gasteiger partial charge in [0.15, 0.2) is 11.5 Å². The summed E-state index contributed by atoms with van der Waals surface area (Å²) in [5, 5.41) is 8.21. The van der Waals surface area contributed by atoms with Crippen molar-refractivity contribution in [3.63, 3.8) is 0 Å². The molecule has 0 saturated carbocycles. The van der Waals surface area contributed by atoms with Gasteiger partial charge in [-0.25, -0.2) is 14.2 Å². The summed E-state index contributed by atoms with van der Waals surface area (Å²) in [5.74, 6) is -6.72. The zero-order chi connectivity index (χ0) is 9.30. The van der Waals surface area contributed by atoms with Crippen LogP contribution in [-0.4, -0.2) is 16.1 Å². The maximum Gasteiger partial charge on any atom is 0.354 e. The molecular weight excluding hydrogens is 175 g/mol. The van der Waals surface area contributed by atoms with Crippen LogP contribution in [0, 0.1) is 17.6 Å². The summed E-state index contributed by atoms with van der Waals surface area (Å²) in [4.78, 5) is 12.8. The molecule has 1 aromatic rings. The lowest BCUT2D eigenvalue weighted by Gasteiger charge is -1.95. The second-order valence-electron chi connectivity index (χ2n) is 1.90. The van der Waals surface area contributed by atoms with Gasteiger partial charge in [-0.15, -0.1) is 0 Å². The number of hydrogen-bond acceptors (Lipinski definition) is 2. The van der Waals surface area contributed by atoms with Gasteiger partial charge in [0.1, 0.15) is 0 Å². The van der Waals surface area contributed by atoms with Crippen LogP contribution in [0.3, 0.4) is 0 Å². The summed E-state index contributed by atoms with van der Waals surface area (Å²) in [6, 6.07) is 0.306. The first-order valence-electron chi connectivity index (χ1n) is 2.77. The van der Waals surface area contributed by atoms with Gasteiger partial charge in [0, 0.05) is 6.07 Å². The van der Waals surface area contributed by atoms with Gasteiger partial charge in [-0.05, 0) is 0 Å². The predicted molar refractivity (Wildman–Crippen MR) is 31.1 cm³/mol. The molecule has 0 aromatic carbocycles. The summed E-state index contributed by atoms with van der Waals surface area (Å²) < 4.78 is 36.7. The monoisotopic (exact) mass is 177 g/mol. The van der Waals surface area contributed by atoms with Crippen molar-refractivity contribution in [2.75, 3.05) is 0 Å². The van der Waals surface area contributed by atoms with Gasteiger partial charge in [0.05, 0.1) is 0 Å². The third-order valence-electron chi connectivity index (χ3n) is 1.09. The van der Waals surface area contributed by atoms with Gasteiger partial charge < -0.3 is 5.11 Å². The highest BCUT2D eigenvalue weighted by atomic mass is 19.2. The van der Waals surface area contributed by atoms with Gasteiger partial charge in [-0.1, -0.05) is 0 Å². The summed E-state index contributed by atoms with van der Waals surface area (Å²) in [5.41, 5.74) is -0.869. The standard InChI is InChI=1S/C6H2F3NO2/c7-2-1-3(6(11)12)10-5(9)4(2)8/h1H,(H,11,12). The number of carbonyl (C=O) groups is 1. The molecule has 0 atom stereocenters. The summed E-state index contributed by atoms with van der Waals surface area (Å²) >= 11 is 0. The highest BCUT2D eigenvalue weighted by Gasteiger charge is 2.15. The maximum atomic E-state index is 12.3. The topological polar surface area (TPSA) is 50.2 Å². The number of halogens is 3. The molecule has 0 amide bonds. The normalized spacial score (nSPS) is 9.92. The fourth-order valence-electron chi connectivity index (χ4n) is 0.579. The van der Waals surface area contributed by atoms with Gasteiger partial charge >= 0.3 is 5.97 Å². The quantitative estimate of drug-likeness (QED) is 0.655. The number of rotatable bonds is 1. The van der Waals surface area contributed by atoms with Crippen molar-refractivity contribution in [2.45, 2.75) is 0 Å². The van der Waals surface area contributed by atoms with E-state index < -0.39 is 29.2 Å². The first-order chi connectivity index (χ1) is 5.52. The Bertz CT molecular complexity index is 317.